The van der Waals surface area contributed by atoms with Crippen LogP contribution in [0.25, 0.3) is 0 Å². The maximum atomic E-state index is 12.4. The molecule has 0 aromatic rings. The van der Waals surface area contributed by atoms with Crippen molar-refractivity contribution in [3.63, 3.8) is 0 Å². The molecule has 0 spiro atoms. The topological polar surface area (TPSA) is 87.2 Å². The fourth-order valence-corrected chi connectivity index (χ4v) is 2.53. The van der Waals surface area contributed by atoms with E-state index in [4.69, 9.17) is 9.84 Å². The first-order chi connectivity index (χ1) is 9.95. The Labute approximate surface area is 124 Å². The van der Waals surface area contributed by atoms with Gasteiger partial charge < -0.3 is 19.6 Å². The van der Waals surface area contributed by atoms with E-state index in [-0.39, 0.29) is 31.6 Å². The number of piperidine rings is 1. The number of carbonyl (C=O) groups is 3. The molecule has 0 aliphatic carbocycles. The Morgan fingerprint density at radius 2 is 2.05 bits per heavy atom. The van der Waals surface area contributed by atoms with Gasteiger partial charge >= 0.3 is 18.0 Å². The Morgan fingerprint density at radius 3 is 2.67 bits per heavy atom. The van der Waals surface area contributed by atoms with E-state index in [1.807, 2.05) is 0 Å². The number of carboxylic acids is 1. The minimum Gasteiger partial charge on any atom is -0.481 e. The summed E-state index contributed by atoms with van der Waals surface area (Å²) in [5, 5.41) is 8.78. The molecule has 0 radical (unpaired) electrons. The highest BCUT2D eigenvalue weighted by Crippen LogP contribution is 2.22. The van der Waals surface area contributed by atoms with Gasteiger partial charge in [-0.2, -0.15) is 0 Å². The van der Waals surface area contributed by atoms with Crippen LogP contribution in [-0.4, -0.2) is 65.7 Å². The van der Waals surface area contributed by atoms with Crippen LogP contribution in [0.5, 0.6) is 0 Å². The molecule has 0 bridgehead atoms. The van der Waals surface area contributed by atoms with Crippen molar-refractivity contribution in [3.05, 3.63) is 0 Å². The highest BCUT2D eigenvalue weighted by molar-refractivity contribution is 5.81. The number of carboxylic acid groups (broad SMARTS) is 1. The average molecular weight is 300 g/mol. The van der Waals surface area contributed by atoms with Gasteiger partial charge in [0.1, 0.15) is 6.54 Å². The second-order valence-electron chi connectivity index (χ2n) is 5.22. The number of ether oxygens (including phenoxy) is 1. The molecule has 1 heterocycles. The minimum absolute atomic E-state index is 0.0516. The molecule has 7 heteroatoms. The molecule has 1 saturated heterocycles. The van der Waals surface area contributed by atoms with E-state index >= 15 is 0 Å². The van der Waals surface area contributed by atoms with Crippen molar-refractivity contribution in [2.75, 3.05) is 26.7 Å². The Hall–Kier alpha value is -1.79. The Bertz CT molecular complexity index is 386. The zero-order valence-electron chi connectivity index (χ0n) is 12.7. The fraction of sp³-hybridized carbons (Fsp3) is 0.786. The summed E-state index contributed by atoms with van der Waals surface area (Å²) in [6, 6.07) is -0.301. The largest absolute Gasteiger partial charge is 0.481 e. The highest BCUT2D eigenvalue weighted by Gasteiger charge is 2.29. The molecule has 21 heavy (non-hydrogen) atoms. The van der Waals surface area contributed by atoms with Gasteiger partial charge in [-0.1, -0.05) is 0 Å². The van der Waals surface area contributed by atoms with Crippen LogP contribution in [0.4, 0.5) is 4.79 Å². The number of hydrogen-bond donors (Lipinski definition) is 1. The van der Waals surface area contributed by atoms with Crippen LogP contribution in [0, 0.1) is 0 Å². The van der Waals surface area contributed by atoms with E-state index in [1.54, 1.807) is 18.9 Å². The molecule has 1 N–H and O–H groups in total. The van der Waals surface area contributed by atoms with Crippen LogP contribution in [0.3, 0.4) is 0 Å². The molecule has 1 aliphatic rings. The highest BCUT2D eigenvalue weighted by atomic mass is 16.5. The number of likely N-dealkylation sites (N-methyl/N-ethyl adjacent to an activating group) is 1. The predicted molar refractivity (Wildman–Crippen MR) is 75.9 cm³/mol. The summed E-state index contributed by atoms with van der Waals surface area (Å²) in [4.78, 5) is 37.5. The summed E-state index contributed by atoms with van der Waals surface area (Å²) in [6.45, 7) is 2.52. The number of urea groups is 1. The molecule has 0 aromatic carbocycles. The van der Waals surface area contributed by atoms with Crippen LogP contribution < -0.4 is 0 Å². The summed E-state index contributed by atoms with van der Waals surface area (Å²) in [7, 11) is 1.56. The van der Waals surface area contributed by atoms with Gasteiger partial charge in [0.25, 0.3) is 0 Å². The molecule has 1 atom stereocenters. The zero-order valence-corrected chi connectivity index (χ0v) is 12.7. The Kier molecular flexibility index (Phi) is 6.98. The lowest BCUT2D eigenvalue weighted by Crippen LogP contribution is -2.50. The van der Waals surface area contributed by atoms with Gasteiger partial charge in [0, 0.05) is 26.1 Å². The second kappa shape index (κ2) is 8.49. The fourth-order valence-electron chi connectivity index (χ4n) is 2.53. The molecule has 7 nitrogen and oxygen atoms in total. The van der Waals surface area contributed by atoms with Crippen molar-refractivity contribution in [2.45, 2.75) is 45.1 Å². The van der Waals surface area contributed by atoms with Gasteiger partial charge in [0.05, 0.1) is 6.61 Å². The number of aliphatic carboxylic acids is 1. The third-order valence-electron chi connectivity index (χ3n) is 3.56. The first-order valence-electron chi connectivity index (χ1n) is 7.34. The smallest absolute Gasteiger partial charge is 0.325 e. The molecule has 0 saturated carbocycles. The first kappa shape index (κ1) is 17.3. The van der Waals surface area contributed by atoms with Gasteiger partial charge in [-0.25, -0.2) is 4.79 Å². The maximum absolute atomic E-state index is 12.4. The van der Waals surface area contributed by atoms with Crippen molar-refractivity contribution in [1.82, 2.24) is 9.80 Å². The molecular weight excluding hydrogens is 276 g/mol. The van der Waals surface area contributed by atoms with Gasteiger partial charge in [0.15, 0.2) is 0 Å². The van der Waals surface area contributed by atoms with Crippen molar-refractivity contribution in [3.8, 4) is 0 Å². The van der Waals surface area contributed by atoms with E-state index in [9.17, 15) is 14.4 Å². The summed E-state index contributed by atoms with van der Waals surface area (Å²) in [5.74, 6) is -1.29. The lowest BCUT2D eigenvalue weighted by Gasteiger charge is -2.37. The minimum atomic E-state index is -0.854. The van der Waals surface area contributed by atoms with Crippen molar-refractivity contribution < 1.29 is 24.2 Å². The molecule has 0 aromatic heterocycles. The summed E-state index contributed by atoms with van der Waals surface area (Å²) < 4.78 is 4.83. The molecule has 1 fully saturated rings. The van der Waals surface area contributed by atoms with Crippen LogP contribution in [0.1, 0.15) is 39.0 Å². The number of rotatable bonds is 6. The van der Waals surface area contributed by atoms with E-state index in [2.05, 4.69) is 0 Å². The standard InChI is InChI=1S/C14H24N2O5/c1-3-21-13(19)10-15(2)14(20)16-9-5-4-6-11(16)7-8-12(17)18/h11H,3-10H2,1-2H3,(H,17,18). The summed E-state index contributed by atoms with van der Waals surface area (Å²) in [6.07, 6.45) is 3.22. The summed E-state index contributed by atoms with van der Waals surface area (Å²) in [5.41, 5.74) is 0. The summed E-state index contributed by atoms with van der Waals surface area (Å²) >= 11 is 0. The van der Waals surface area contributed by atoms with E-state index in [0.29, 0.717) is 13.0 Å². The normalized spacial score (nSPS) is 18.2. The van der Waals surface area contributed by atoms with Gasteiger partial charge in [-0.05, 0) is 32.6 Å². The Balaban J connectivity index is 2.58. The van der Waals surface area contributed by atoms with Crippen LogP contribution >= 0.6 is 0 Å². The SMILES string of the molecule is CCOC(=O)CN(C)C(=O)N1CCCCC1CCC(=O)O. The second-order valence-corrected chi connectivity index (χ2v) is 5.22. The number of nitrogens with zero attached hydrogens (tertiary/aromatic N) is 2. The average Bonchev–Trinajstić information content (AvgIpc) is 2.44. The van der Waals surface area contributed by atoms with Gasteiger partial charge in [-0.15, -0.1) is 0 Å². The van der Waals surface area contributed by atoms with Crippen LogP contribution in [0.15, 0.2) is 0 Å². The molecule has 1 aliphatic heterocycles. The van der Waals surface area contributed by atoms with Gasteiger partial charge in [-0.3, -0.25) is 9.59 Å². The van der Waals surface area contributed by atoms with Crippen molar-refractivity contribution in [1.29, 1.82) is 0 Å². The number of hydrogen-bond acceptors (Lipinski definition) is 4. The monoisotopic (exact) mass is 300 g/mol. The van der Waals surface area contributed by atoms with E-state index < -0.39 is 11.9 Å². The number of esters is 1. The molecule has 2 amide bonds. The first-order valence-corrected chi connectivity index (χ1v) is 7.34. The van der Waals surface area contributed by atoms with Crippen molar-refractivity contribution >= 4 is 18.0 Å². The molecular formula is C14H24N2O5. The number of amides is 2. The van der Waals surface area contributed by atoms with Crippen molar-refractivity contribution in [2.24, 2.45) is 0 Å². The van der Waals surface area contributed by atoms with Crippen LogP contribution in [0.2, 0.25) is 0 Å². The molecule has 1 unspecified atom stereocenters. The number of likely N-dealkylation sites (tertiary alicyclic amines) is 1. The molecule has 120 valence electrons. The molecule has 1 rings (SSSR count). The maximum Gasteiger partial charge on any atom is 0.325 e. The predicted octanol–water partition coefficient (Wildman–Crippen LogP) is 1.32. The third kappa shape index (κ3) is 5.61. The lowest BCUT2D eigenvalue weighted by atomic mass is 9.98. The lowest BCUT2D eigenvalue weighted by molar-refractivity contribution is -0.143. The zero-order chi connectivity index (χ0) is 15.8. The Morgan fingerprint density at radius 1 is 1.33 bits per heavy atom. The van der Waals surface area contributed by atoms with Crippen LogP contribution in [-0.2, 0) is 14.3 Å². The van der Waals surface area contributed by atoms with Gasteiger partial charge in [0.2, 0.25) is 0 Å². The van der Waals surface area contributed by atoms with E-state index in [1.165, 1.54) is 4.90 Å². The number of carbonyl (C=O) groups excluding carboxylic acids is 2. The van der Waals surface area contributed by atoms with E-state index in [0.717, 1.165) is 19.3 Å². The third-order valence-corrected chi connectivity index (χ3v) is 3.56. The quantitative estimate of drug-likeness (QED) is 0.748.